The molecule has 2 N–H and O–H groups in total. The molecule has 0 aliphatic heterocycles. The second kappa shape index (κ2) is 9.37. The third-order valence-electron chi connectivity index (χ3n) is 4.43. The van der Waals surface area contributed by atoms with Gasteiger partial charge in [0.1, 0.15) is 0 Å². The molecular formula is C23H29N3O3. The summed E-state index contributed by atoms with van der Waals surface area (Å²) in [7, 11) is 0. The van der Waals surface area contributed by atoms with Gasteiger partial charge in [-0.15, -0.1) is 0 Å². The van der Waals surface area contributed by atoms with E-state index < -0.39 is 0 Å². The molecule has 6 nitrogen and oxygen atoms in total. The van der Waals surface area contributed by atoms with Gasteiger partial charge in [0.25, 0.3) is 0 Å². The first kappa shape index (κ1) is 22.1. The standard InChI is InChI=1S/C23H29N3O3/c1-16(27)24-18-9-8-10-19(15-18)26(17(2)28)14-13-22(29)25-21-12-7-6-11-20(21)23(3,4)5/h6-12,15H,13-14H2,1-5H3,(H,24,27)(H,25,29). The van der Waals surface area contributed by atoms with Crippen LogP contribution >= 0.6 is 0 Å². The van der Waals surface area contributed by atoms with E-state index in [4.69, 9.17) is 0 Å². The van der Waals surface area contributed by atoms with Gasteiger partial charge in [-0.3, -0.25) is 14.4 Å². The summed E-state index contributed by atoms with van der Waals surface area (Å²) < 4.78 is 0. The zero-order valence-electron chi connectivity index (χ0n) is 17.7. The van der Waals surface area contributed by atoms with E-state index in [-0.39, 0.29) is 36.1 Å². The van der Waals surface area contributed by atoms with Gasteiger partial charge in [0.2, 0.25) is 17.7 Å². The Morgan fingerprint density at radius 3 is 2.24 bits per heavy atom. The second-order valence-electron chi connectivity index (χ2n) is 8.00. The van der Waals surface area contributed by atoms with E-state index in [0.29, 0.717) is 11.4 Å². The van der Waals surface area contributed by atoms with E-state index in [9.17, 15) is 14.4 Å². The second-order valence-corrected chi connectivity index (χ2v) is 8.00. The number of hydrogen-bond acceptors (Lipinski definition) is 3. The Kier molecular flexibility index (Phi) is 7.15. The fraction of sp³-hybridized carbons (Fsp3) is 0.348. The first-order valence-electron chi connectivity index (χ1n) is 9.63. The van der Waals surface area contributed by atoms with Crippen molar-refractivity contribution in [2.24, 2.45) is 0 Å². The molecule has 0 aliphatic carbocycles. The number of para-hydroxylation sites is 1. The first-order valence-corrected chi connectivity index (χ1v) is 9.63. The van der Waals surface area contributed by atoms with Gasteiger partial charge in [0.15, 0.2) is 0 Å². The van der Waals surface area contributed by atoms with Crippen molar-refractivity contribution in [2.75, 3.05) is 22.1 Å². The van der Waals surface area contributed by atoms with Crippen LogP contribution in [-0.4, -0.2) is 24.3 Å². The summed E-state index contributed by atoms with van der Waals surface area (Å²) in [6, 6.07) is 14.7. The quantitative estimate of drug-likeness (QED) is 0.764. The van der Waals surface area contributed by atoms with Crippen molar-refractivity contribution in [2.45, 2.75) is 46.5 Å². The minimum atomic E-state index is -0.187. The maximum absolute atomic E-state index is 12.6. The third kappa shape index (κ3) is 6.45. The molecule has 2 rings (SSSR count). The molecule has 0 fully saturated rings. The van der Waals surface area contributed by atoms with Crippen LogP contribution in [0, 0.1) is 0 Å². The Hall–Kier alpha value is -3.15. The normalized spacial score (nSPS) is 10.9. The molecule has 2 aromatic carbocycles. The van der Waals surface area contributed by atoms with Crippen LogP contribution in [0.4, 0.5) is 17.1 Å². The van der Waals surface area contributed by atoms with Gasteiger partial charge in [-0.1, -0.05) is 45.0 Å². The Bertz CT molecular complexity index is 900. The lowest BCUT2D eigenvalue weighted by Crippen LogP contribution is -2.32. The number of amides is 3. The average molecular weight is 396 g/mol. The van der Waals surface area contributed by atoms with E-state index in [1.165, 1.54) is 18.7 Å². The molecule has 0 atom stereocenters. The van der Waals surface area contributed by atoms with Crippen molar-refractivity contribution in [3.63, 3.8) is 0 Å². The number of benzene rings is 2. The van der Waals surface area contributed by atoms with Crippen molar-refractivity contribution in [3.8, 4) is 0 Å². The van der Waals surface area contributed by atoms with Crippen LogP contribution in [0.5, 0.6) is 0 Å². The predicted molar refractivity (Wildman–Crippen MR) is 117 cm³/mol. The molecule has 0 bridgehead atoms. The summed E-state index contributed by atoms with van der Waals surface area (Å²) in [5, 5.41) is 5.67. The van der Waals surface area contributed by atoms with E-state index >= 15 is 0 Å². The summed E-state index contributed by atoms with van der Waals surface area (Å²) in [4.78, 5) is 37.5. The summed E-state index contributed by atoms with van der Waals surface area (Å²) in [5.74, 6) is -0.521. The van der Waals surface area contributed by atoms with Gasteiger partial charge < -0.3 is 15.5 Å². The molecule has 154 valence electrons. The van der Waals surface area contributed by atoms with Crippen LogP contribution in [0.1, 0.15) is 46.6 Å². The lowest BCUT2D eigenvalue weighted by molar-refractivity contribution is -0.117. The Labute approximate surface area is 172 Å². The minimum absolute atomic E-state index is 0.0978. The van der Waals surface area contributed by atoms with Gasteiger partial charge in [-0.2, -0.15) is 0 Å². The number of hydrogen-bond donors (Lipinski definition) is 2. The molecule has 29 heavy (non-hydrogen) atoms. The molecule has 0 aliphatic rings. The predicted octanol–water partition coefficient (Wildman–Crippen LogP) is 4.32. The van der Waals surface area contributed by atoms with Gasteiger partial charge in [-0.25, -0.2) is 0 Å². The van der Waals surface area contributed by atoms with Crippen LogP contribution in [0.3, 0.4) is 0 Å². The highest BCUT2D eigenvalue weighted by Crippen LogP contribution is 2.29. The van der Waals surface area contributed by atoms with Crippen LogP contribution in [0.25, 0.3) is 0 Å². The van der Waals surface area contributed by atoms with E-state index in [1.54, 1.807) is 24.3 Å². The molecule has 3 amide bonds. The van der Waals surface area contributed by atoms with Crippen molar-refractivity contribution >= 4 is 34.8 Å². The fourth-order valence-electron chi connectivity index (χ4n) is 3.10. The summed E-state index contributed by atoms with van der Waals surface area (Å²) in [6.45, 7) is 9.40. The highest BCUT2D eigenvalue weighted by molar-refractivity contribution is 5.96. The number of nitrogens with one attached hydrogen (secondary N) is 2. The molecule has 6 heteroatoms. The van der Waals surface area contributed by atoms with Crippen molar-refractivity contribution < 1.29 is 14.4 Å². The maximum Gasteiger partial charge on any atom is 0.226 e. The van der Waals surface area contributed by atoms with Crippen molar-refractivity contribution in [3.05, 3.63) is 54.1 Å². The molecule has 0 heterocycles. The van der Waals surface area contributed by atoms with Crippen LogP contribution in [0.2, 0.25) is 0 Å². The Balaban J connectivity index is 2.09. The molecular weight excluding hydrogens is 366 g/mol. The van der Waals surface area contributed by atoms with Gasteiger partial charge in [0.05, 0.1) is 0 Å². The highest BCUT2D eigenvalue weighted by atomic mass is 16.2. The average Bonchev–Trinajstić information content (AvgIpc) is 2.61. The van der Waals surface area contributed by atoms with Crippen molar-refractivity contribution in [1.29, 1.82) is 0 Å². The monoisotopic (exact) mass is 395 g/mol. The lowest BCUT2D eigenvalue weighted by Gasteiger charge is -2.24. The van der Waals surface area contributed by atoms with Crippen molar-refractivity contribution in [1.82, 2.24) is 0 Å². The third-order valence-corrected chi connectivity index (χ3v) is 4.43. The topological polar surface area (TPSA) is 78.5 Å². The van der Waals surface area contributed by atoms with Gasteiger partial charge in [0, 0.05) is 43.9 Å². The number of anilines is 3. The Morgan fingerprint density at radius 2 is 1.62 bits per heavy atom. The zero-order chi connectivity index (χ0) is 21.6. The highest BCUT2D eigenvalue weighted by Gasteiger charge is 2.19. The van der Waals surface area contributed by atoms with Gasteiger partial charge >= 0.3 is 0 Å². The maximum atomic E-state index is 12.6. The lowest BCUT2D eigenvalue weighted by atomic mass is 9.86. The summed E-state index contributed by atoms with van der Waals surface area (Å²) >= 11 is 0. The number of carbonyl (C=O) groups excluding carboxylic acids is 3. The molecule has 0 spiro atoms. The van der Waals surface area contributed by atoms with E-state index in [0.717, 1.165) is 11.3 Å². The largest absolute Gasteiger partial charge is 0.326 e. The SMILES string of the molecule is CC(=O)Nc1cccc(N(CCC(=O)Nc2ccccc2C(C)(C)C)C(C)=O)c1. The van der Waals surface area contributed by atoms with Crippen LogP contribution in [-0.2, 0) is 19.8 Å². The first-order chi connectivity index (χ1) is 13.6. The Morgan fingerprint density at radius 1 is 0.931 bits per heavy atom. The molecule has 0 saturated heterocycles. The summed E-state index contributed by atoms with van der Waals surface area (Å²) in [5.41, 5.74) is 2.97. The number of rotatable bonds is 6. The fourth-order valence-corrected chi connectivity index (χ4v) is 3.10. The molecule has 0 unspecified atom stereocenters. The molecule has 0 aromatic heterocycles. The molecule has 2 aromatic rings. The number of nitrogens with zero attached hydrogens (tertiary/aromatic N) is 1. The minimum Gasteiger partial charge on any atom is -0.326 e. The van der Waals surface area contributed by atoms with Crippen LogP contribution in [0.15, 0.2) is 48.5 Å². The molecule has 0 saturated carbocycles. The van der Waals surface area contributed by atoms with E-state index in [2.05, 4.69) is 31.4 Å². The smallest absolute Gasteiger partial charge is 0.226 e. The zero-order valence-corrected chi connectivity index (χ0v) is 17.7. The summed E-state index contributed by atoms with van der Waals surface area (Å²) in [6.07, 6.45) is 0.155. The molecule has 0 radical (unpaired) electrons. The van der Waals surface area contributed by atoms with E-state index in [1.807, 2.05) is 24.3 Å². The van der Waals surface area contributed by atoms with Crippen LogP contribution < -0.4 is 15.5 Å². The van der Waals surface area contributed by atoms with Gasteiger partial charge in [-0.05, 0) is 35.2 Å². The number of carbonyl (C=O) groups is 3.